The van der Waals surface area contributed by atoms with Crippen LogP contribution in [0.3, 0.4) is 0 Å². The standard InChI is InChI=1S/C14H23NO3/c16-13(14(17)7-1-2-8-14)15-11-4-3-5-12-10(11)6-9-18-12/h10-12,17H,1-9H2,(H,15,16). The molecule has 2 N–H and O–H groups in total. The average molecular weight is 253 g/mol. The van der Waals surface area contributed by atoms with Gasteiger partial charge in [0.15, 0.2) is 0 Å². The summed E-state index contributed by atoms with van der Waals surface area (Å²) in [5.41, 5.74) is -1.09. The first kappa shape index (κ1) is 12.4. The fourth-order valence-electron chi connectivity index (χ4n) is 3.84. The molecule has 3 aliphatic rings. The molecule has 0 aromatic rings. The molecule has 0 spiro atoms. The van der Waals surface area contributed by atoms with E-state index < -0.39 is 5.60 Å². The summed E-state index contributed by atoms with van der Waals surface area (Å²) in [6.45, 7) is 0.825. The Bertz CT molecular complexity index is 325. The second-order valence-corrected chi connectivity index (χ2v) is 6.11. The van der Waals surface area contributed by atoms with Crippen molar-refractivity contribution in [3.63, 3.8) is 0 Å². The molecule has 18 heavy (non-hydrogen) atoms. The van der Waals surface area contributed by atoms with E-state index in [0.29, 0.717) is 24.9 Å². The number of hydrogen-bond acceptors (Lipinski definition) is 3. The van der Waals surface area contributed by atoms with Crippen molar-refractivity contribution < 1.29 is 14.6 Å². The van der Waals surface area contributed by atoms with Gasteiger partial charge in [-0.25, -0.2) is 0 Å². The normalized spacial score (nSPS) is 38.4. The second kappa shape index (κ2) is 4.82. The number of rotatable bonds is 2. The van der Waals surface area contributed by atoms with E-state index in [9.17, 15) is 9.90 Å². The monoisotopic (exact) mass is 253 g/mol. The van der Waals surface area contributed by atoms with Crippen molar-refractivity contribution in [2.45, 2.75) is 69.1 Å². The molecular weight excluding hydrogens is 230 g/mol. The minimum Gasteiger partial charge on any atom is -0.380 e. The van der Waals surface area contributed by atoms with E-state index in [0.717, 1.165) is 45.1 Å². The van der Waals surface area contributed by atoms with E-state index in [1.54, 1.807) is 0 Å². The summed E-state index contributed by atoms with van der Waals surface area (Å²) in [6.07, 6.45) is 7.83. The fourth-order valence-corrected chi connectivity index (χ4v) is 3.84. The summed E-state index contributed by atoms with van der Waals surface area (Å²) in [5, 5.41) is 13.4. The van der Waals surface area contributed by atoms with Crippen molar-refractivity contribution in [3.8, 4) is 0 Å². The number of hydrogen-bond donors (Lipinski definition) is 2. The van der Waals surface area contributed by atoms with Gasteiger partial charge in [-0.3, -0.25) is 4.79 Å². The first-order chi connectivity index (χ1) is 8.69. The summed E-state index contributed by atoms with van der Waals surface area (Å²) in [4.78, 5) is 12.2. The number of carbonyl (C=O) groups excluding carboxylic acids is 1. The molecule has 1 saturated heterocycles. The lowest BCUT2D eigenvalue weighted by Gasteiger charge is -2.35. The fraction of sp³-hybridized carbons (Fsp3) is 0.929. The van der Waals surface area contributed by atoms with E-state index in [2.05, 4.69) is 5.32 Å². The highest BCUT2D eigenvalue weighted by atomic mass is 16.5. The van der Waals surface area contributed by atoms with Crippen LogP contribution in [0.4, 0.5) is 0 Å². The van der Waals surface area contributed by atoms with E-state index in [1.165, 1.54) is 0 Å². The Morgan fingerprint density at radius 2 is 1.94 bits per heavy atom. The van der Waals surface area contributed by atoms with Gasteiger partial charge in [0, 0.05) is 18.6 Å². The molecule has 1 amide bonds. The highest BCUT2D eigenvalue weighted by Gasteiger charge is 2.43. The second-order valence-electron chi connectivity index (χ2n) is 6.11. The topological polar surface area (TPSA) is 58.6 Å². The Morgan fingerprint density at radius 3 is 2.72 bits per heavy atom. The lowest BCUT2D eigenvalue weighted by Crippen LogP contribution is -2.53. The molecule has 3 atom stereocenters. The Hall–Kier alpha value is -0.610. The first-order valence-electron chi connectivity index (χ1n) is 7.34. The van der Waals surface area contributed by atoms with Crippen LogP contribution in [0.15, 0.2) is 0 Å². The molecule has 2 saturated carbocycles. The Balaban J connectivity index is 1.63. The minimum absolute atomic E-state index is 0.141. The van der Waals surface area contributed by atoms with Crippen molar-refractivity contribution in [3.05, 3.63) is 0 Å². The molecule has 0 bridgehead atoms. The predicted molar refractivity (Wildman–Crippen MR) is 67.0 cm³/mol. The average Bonchev–Trinajstić information content (AvgIpc) is 2.98. The van der Waals surface area contributed by atoms with Crippen LogP contribution in [0.1, 0.15) is 51.4 Å². The number of amides is 1. The SMILES string of the molecule is O=C(NC1CCCC2OCCC12)C1(O)CCCC1. The molecule has 2 aliphatic carbocycles. The summed E-state index contributed by atoms with van der Waals surface area (Å²) in [7, 11) is 0. The molecule has 4 heteroatoms. The third kappa shape index (κ3) is 2.16. The maximum Gasteiger partial charge on any atom is 0.252 e. The molecule has 3 fully saturated rings. The van der Waals surface area contributed by atoms with Crippen molar-refractivity contribution in [2.24, 2.45) is 5.92 Å². The van der Waals surface area contributed by atoms with Crippen LogP contribution < -0.4 is 5.32 Å². The van der Waals surface area contributed by atoms with Gasteiger partial charge >= 0.3 is 0 Å². The van der Waals surface area contributed by atoms with Crippen molar-refractivity contribution in [1.82, 2.24) is 5.32 Å². The highest BCUT2D eigenvalue weighted by molar-refractivity contribution is 5.85. The molecule has 1 heterocycles. The summed E-state index contributed by atoms with van der Waals surface area (Å²) in [5.74, 6) is 0.324. The predicted octanol–water partition coefficient (Wildman–Crippen LogP) is 1.37. The van der Waals surface area contributed by atoms with Crippen LogP contribution in [0.2, 0.25) is 0 Å². The van der Waals surface area contributed by atoms with E-state index in [4.69, 9.17) is 4.74 Å². The van der Waals surface area contributed by atoms with Gasteiger partial charge in [-0.2, -0.15) is 0 Å². The van der Waals surface area contributed by atoms with Gasteiger partial charge in [0.25, 0.3) is 5.91 Å². The van der Waals surface area contributed by atoms with Crippen LogP contribution in [0.5, 0.6) is 0 Å². The zero-order valence-corrected chi connectivity index (χ0v) is 10.9. The first-order valence-corrected chi connectivity index (χ1v) is 7.34. The van der Waals surface area contributed by atoms with Crippen LogP contribution in [-0.2, 0) is 9.53 Å². The Morgan fingerprint density at radius 1 is 1.17 bits per heavy atom. The van der Waals surface area contributed by atoms with Crippen LogP contribution in [0, 0.1) is 5.92 Å². The van der Waals surface area contributed by atoms with Gasteiger partial charge in [0.2, 0.25) is 0 Å². The molecule has 0 aromatic carbocycles. The number of ether oxygens (including phenoxy) is 1. The van der Waals surface area contributed by atoms with Gasteiger partial charge < -0.3 is 15.2 Å². The zero-order valence-electron chi connectivity index (χ0n) is 10.9. The summed E-state index contributed by atoms with van der Waals surface area (Å²) < 4.78 is 5.71. The van der Waals surface area contributed by atoms with Crippen molar-refractivity contribution in [2.75, 3.05) is 6.61 Å². The summed E-state index contributed by atoms with van der Waals surface area (Å²) >= 11 is 0. The maximum absolute atomic E-state index is 12.2. The number of carbonyl (C=O) groups is 1. The molecular formula is C14H23NO3. The van der Waals surface area contributed by atoms with Crippen molar-refractivity contribution >= 4 is 5.91 Å². The van der Waals surface area contributed by atoms with E-state index in [-0.39, 0.29) is 11.9 Å². The molecule has 0 aromatic heterocycles. The van der Waals surface area contributed by atoms with Gasteiger partial charge in [0.1, 0.15) is 5.60 Å². The smallest absolute Gasteiger partial charge is 0.252 e. The number of nitrogens with one attached hydrogen (secondary N) is 1. The third-order valence-electron chi connectivity index (χ3n) is 4.95. The Labute approximate surface area is 108 Å². The minimum atomic E-state index is -1.09. The zero-order chi connectivity index (χ0) is 12.6. The van der Waals surface area contributed by atoms with Gasteiger partial charge in [0.05, 0.1) is 6.10 Å². The van der Waals surface area contributed by atoms with Gasteiger partial charge in [-0.1, -0.05) is 0 Å². The van der Waals surface area contributed by atoms with Gasteiger partial charge in [-0.15, -0.1) is 0 Å². The van der Waals surface area contributed by atoms with Crippen LogP contribution in [-0.4, -0.2) is 35.4 Å². The molecule has 3 rings (SSSR count). The third-order valence-corrected chi connectivity index (χ3v) is 4.95. The van der Waals surface area contributed by atoms with Gasteiger partial charge in [-0.05, 0) is 51.4 Å². The quantitative estimate of drug-likeness (QED) is 0.781. The van der Waals surface area contributed by atoms with Crippen LogP contribution >= 0.6 is 0 Å². The van der Waals surface area contributed by atoms with Crippen LogP contribution in [0.25, 0.3) is 0 Å². The van der Waals surface area contributed by atoms with E-state index in [1.807, 2.05) is 0 Å². The molecule has 4 nitrogen and oxygen atoms in total. The molecule has 0 radical (unpaired) electrons. The molecule has 3 unspecified atom stereocenters. The molecule has 102 valence electrons. The summed E-state index contributed by atoms with van der Waals surface area (Å²) in [6, 6.07) is 0.211. The number of aliphatic hydroxyl groups is 1. The van der Waals surface area contributed by atoms with Crippen molar-refractivity contribution in [1.29, 1.82) is 0 Å². The largest absolute Gasteiger partial charge is 0.380 e. The molecule has 1 aliphatic heterocycles. The maximum atomic E-state index is 12.2. The number of fused-ring (bicyclic) bond motifs is 1. The Kier molecular flexibility index (Phi) is 3.32. The lowest BCUT2D eigenvalue weighted by atomic mass is 9.81. The van der Waals surface area contributed by atoms with E-state index >= 15 is 0 Å². The lowest BCUT2D eigenvalue weighted by molar-refractivity contribution is -0.140. The highest BCUT2D eigenvalue weighted by Crippen LogP contribution is 2.35.